The Balaban J connectivity index is 2.22. The van der Waals surface area contributed by atoms with Crippen molar-refractivity contribution in [1.82, 2.24) is 0 Å². The number of anilines is 1. The van der Waals surface area contributed by atoms with Crippen molar-refractivity contribution in [2.24, 2.45) is 0 Å². The Hall–Kier alpha value is -3.42. The van der Waals surface area contributed by atoms with Crippen LogP contribution in [0.15, 0.2) is 48.5 Å². The number of benzene rings is 2. The first-order chi connectivity index (χ1) is 12.3. The predicted octanol–water partition coefficient (Wildman–Crippen LogP) is 2.81. The lowest BCUT2D eigenvalue weighted by atomic mass is 10.2. The molecule has 0 aromatic heterocycles. The molecule has 0 N–H and O–H groups in total. The summed E-state index contributed by atoms with van der Waals surface area (Å²) >= 11 is 0. The number of ether oxygens (including phenoxy) is 2. The third-order valence-electron chi connectivity index (χ3n) is 3.70. The summed E-state index contributed by atoms with van der Waals surface area (Å²) in [5, 5.41) is 11.3. The van der Waals surface area contributed by atoms with E-state index < -0.39 is 22.7 Å². The van der Waals surface area contributed by atoms with E-state index in [1.54, 1.807) is 31.3 Å². The van der Waals surface area contributed by atoms with Gasteiger partial charge in [-0.2, -0.15) is 0 Å². The van der Waals surface area contributed by atoms with Crippen molar-refractivity contribution >= 4 is 23.3 Å². The predicted molar refractivity (Wildman–Crippen MR) is 94.4 cm³/mol. The minimum absolute atomic E-state index is 0.0203. The van der Waals surface area contributed by atoms with E-state index in [0.717, 1.165) is 6.07 Å². The molecule has 1 amide bonds. The van der Waals surface area contributed by atoms with Gasteiger partial charge in [-0.3, -0.25) is 14.9 Å². The van der Waals surface area contributed by atoms with Crippen LogP contribution in [-0.2, 0) is 9.53 Å². The average Bonchev–Trinajstić information content (AvgIpc) is 2.66. The molecular formula is C18H18N2O6. The van der Waals surface area contributed by atoms with Gasteiger partial charge in [-0.25, -0.2) is 4.79 Å². The summed E-state index contributed by atoms with van der Waals surface area (Å²) in [6.45, 7) is 1.50. The molecule has 0 bridgehead atoms. The number of nitrogens with zero attached hydrogens (tertiary/aromatic N) is 2. The molecule has 2 aromatic carbocycles. The zero-order chi connectivity index (χ0) is 19.3. The molecule has 0 radical (unpaired) electrons. The third kappa shape index (κ3) is 4.15. The van der Waals surface area contributed by atoms with Crippen LogP contribution in [-0.4, -0.2) is 37.1 Å². The molecule has 0 spiro atoms. The highest BCUT2D eigenvalue weighted by Gasteiger charge is 2.25. The summed E-state index contributed by atoms with van der Waals surface area (Å²) in [7, 11) is 2.77. The maximum absolute atomic E-state index is 12.5. The Labute approximate surface area is 150 Å². The fourth-order valence-corrected chi connectivity index (χ4v) is 2.30. The molecule has 8 nitrogen and oxygen atoms in total. The summed E-state index contributed by atoms with van der Waals surface area (Å²) in [5.41, 5.74) is 0.269. The van der Waals surface area contributed by atoms with E-state index in [0.29, 0.717) is 5.69 Å². The maximum Gasteiger partial charge on any atom is 0.338 e. The molecule has 136 valence electrons. The largest absolute Gasteiger partial charge is 0.474 e. The van der Waals surface area contributed by atoms with Crippen molar-refractivity contribution in [2.75, 3.05) is 19.1 Å². The monoisotopic (exact) mass is 358 g/mol. The van der Waals surface area contributed by atoms with Gasteiger partial charge in [0.15, 0.2) is 11.9 Å². The number of carbonyl (C=O) groups is 2. The quantitative estimate of drug-likeness (QED) is 0.447. The minimum atomic E-state index is -0.970. The number of carbonyl (C=O) groups excluding carboxylic acids is 2. The lowest BCUT2D eigenvalue weighted by Gasteiger charge is -2.22. The number of esters is 1. The number of likely N-dealkylation sites (N-methyl/N-ethyl adjacent to an activating group) is 1. The maximum atomic E-state index is 12.5. The Morgan fingerprint density at radius 2 is 1.81 bits per heavy atom. The molecule has 8 heteroatoms. The van der Waals surface area contributed by atoms with Gasteiger partial charge >= 0.3 is 11.7 Å². The van der Waals surface area contributed by atoms with E-state index in [1.165, 1.54) is 31.1 Å². The van der Waals surface area contributed by atoms with Crippen LogP contribution in [0, 0.1) is 10.1 Å². The summed E-state index contributed by atoms with van der Waals surface area (Å²) in [6.07, 6.45) is -0.970. The summed E-state index contributed by atoms with van der Waals surface area (Å²) in [4.78, 5) is 36.0. The van der Waals surface area contributed by atoms with Crippen LogP contribution in [0.1, 0.15) is 17.3 Å². The lowest BCUT2D eigenvalue weighted by Crippen LogP contribution is -2.38. The van der Waals surface area contributed by atoms with E-state index in [-0.39, 0.29) is 17.2 Å². The van der Waals surface area contributed by atoms with E-state index in [2.05, 4.69) is 4.74 Å². The van der Waals surface area contributed by atoms with Gasteiger partial charge in [0.25, 0.3) is 5.91 Å². The van der Waals surface area contributed by atoms with Crippen molar-refractivity contribution in [3.63, 3.8) is 0 Å². The highest BCUT2D eigenvalue weighted by Crippen LogP contribution is 2.29. The second-order valence-corrected chi connectivity index (χ2v) is 5.42. The number of nitro groups is 1. The fraction of sp³-hybridized carbons (Fsp3) is 0.222. The van der Waals surface area contributed by atoms with Gasteiger partial charge in [0, 0.05) is 18.8 Å². The zero-order valence-electron chi connectivity index (χ0n) is 14.5. The first-order valence-corrected chi connectivity index (χ1v) is 7.71. The standard InChI is InChI=1S/C18H18N2O6/c1-12(17(21)19(2)14-7-5-4-6-8-14)26-16-10-9-13(18(22)25-3)11-15(16)20(23)24/h4-12H,1-3H3/t12-/m0/s1. The van der Waals surface area contributed by atoms with Crippen LogP contribution >= 0.6 is 0 Å². The highest BCUT2D eigenvalue weighted by molar-refractivity contribution is 5.96. The molecule has 2 aromatic rings. The summed E-state index contributed by atoms with van der Waals surface area (Å²) in [5.74, 6) is -1.18. The Bertz CT molecular complexity index is 822. The number of amides is 1. The van der Waals surface area contributed by atoms with Gasteiger partial charge in [-0.15, -0.1) is 0 Å². The van der Waals surface area contributed by atoms with Crippen LogP contribution in [0.25, 0.3) is 0 Å². The molecule has 0 aliphatic carbocycles. The molecule has 0 saturated carbocycles. The smallest absolute Gasteiger partial charge is 0.338 e. The van der Waals surface area contributed by atoms with Gasteiger partial charge in [0.1, 0.15) is 0 Å². The van der Waals surface area contributed by atoms with Gasteiger partial charge in [0.2, 0.25) is 0 Å². The van der Waals surface area contributed by atoms with Crippen LogP contribution in [0.3, 0.4) is 0 Å². The van der Waals surface area contributed by atoms with Gasteiger partial charge < -0.3 is 14.4 Å². The molecule has 0 heterocycles. The number of rotatable bonds is 6. The van der Waals surface area contributed by atoms with Crippen molar-refractivity contribution in [3.05, 3.63) is 64.2 Å². The second kappa shape index (κ2) is 8.11. The summed E-state index contributed by atoms with van der Waals surface area (Å²) in [6, 6.07) is 12.6. The van der Waals surface area contributed by atoms with Crippen molar-refractivity contribution in [3.8, 4) is 5.75 Å². The molecule has 2 rings (SSSR count). The van der Waals surface area contributed by atoms with E-state index in [1.807, 2.05) is 6.07 Å². The minimum Gasteiger partial charge on any atom is -0.474 e. The Morgan fingerprint density at radius 1 is 1.15 bits per heavy atom. The molecule has 0 fully saturated rings. The Kier molecular flexibility index (Phi) is 5.90. The van der Waals surface area contributed by atoms with E-state index in [9.17, 15) is 19.7 Å². The third-order valence-corrected chi connectivity index (χ3v) is 3.70. The fourth-order valence-electron chi connectivity index (χ4n) is 2.30. The number of nitro benzene ring substituents is 1. The first kappa shape index (κ1) is 18.9. The number of para-hydroxylation sites is 1. The van der Waals surface area contributed by atoms with Crippen LogP contribution in [0.5, 0.6) is 5.75 Å². The van der Waals surface area contributed by atoms with Crippen LogP contribution < -0.4 is 9.64 Å². The molecular weight excluding hydrogens is 340 g/mol. The number of hydrogen-bond donors (Lipinski definition) is 0. The normalized spacial score (nSPS) is 11.3. The molecule has 0 aliphatic heterocycles. The molecule has 0 saturated heterocycles. The van der Waals surface area contributed by atoms with Gasteiger partial charge in [0.05, 0.1) is 17.6 Å². The van der Waals surface area contributed by atoms with Crippen molar-refractivity contribution in [1.29, 1.82) is 0 Å². The molecule has 1 atom stereocenters. The zero-order valence-corrected chi connectivity index (χ0v) is 14.5. The second-order valence-electron chi connectivity index (χ2n) is 5.42. The molecule has 0 aliphatic rings. The first-order valence-electron chi connectivity index (χ1n) is 7.71. The molecule has 0 unspecified atom stereocenters. The number of methoxy groups -OCH3 is 1. The van der Waals surface area contributed by atoms with Crippen LogP contribution in [0.4, 0.5) is 11.4 Å². The van der Waals surface area contributed by atoms with Crippen LogP contribution in [0.2, 0.25) is 0 Å². The lowest BCUT2D eigenvalue weighted by molar-refractivity contribution is -0.386. The highest BCUT2D eigenvalue weighted by atomic mass is 16.6. The van der Waals surface area contributed by atoms with Gasteiger partial charge in [-0.1, -0.05) is 18.2 Å². The van der Waals surface area contributed by atoms with Crippen molar-refractivity contribution in [2.45, 2.75) is 13.0 Å². The van der Waals surface area contributed by atoms with E-state index >= 15 is 0 Å². The molecule has 26 heavy (non-hydrogen) atoms. The average molecular weight is 358 g/mol. The number of hydrogen-bond acceptors (Lipinski definition) is 6. The topological polar surface area (TPSA) is 99.0 Å². The summed E-state index contributed by atoms with van der Waals surface area (Å²) < 4.78 is 10.0. The SMILES string of the molecule is COC(=O)c1ccc(O[C@@H](C)C(=O)N(C)c2ccccc2)c([N+](=O)[O-])c1. The van der Waals surface area contributed by atoms with Crippen molar-refractivity contribution < 1.29 is 24.0 Å². The van der Waals surface area contributed by atoms with E-state index in [4.69, 9.17) is 4.74 Å². The Morgan fingerprint density at radius 3 is 2.38 bits per heavy atom. The van der Waals surface area contributed by atoms with Gasteiger partial charge in [-0.05, 0) is 31.2 Å².